The van der Waals surface area contributed by atoms with Crippen LogP contribution < -0.4 is 4.74 Å². The Balaban J connectivity index is 2.43. The number of hydrogen-bond donors (Lipinski definition) is 0. The minimum absolute atomic E-state index is 0.00927. The molecule has 1 aromatic heterocycles. The van der Waals surface area contributed by atoms with Crippen LogP contribution in [0.25, 0.3) is 0 Å². The van der Waals surface area contributed by atoms with Gasteiger partial charge in [-0.2, -0.15) is 26.3 Å². The van der Waals surface area contributed by atoms with E-state index in [1.807, 2.05) is 14.0 Å². The fourth-order valence-electron chi connectivity index (χ4n) is 2.11. The monoisotopic (exact) mass is 483 g/mol. The first kappa shape index (κ1) is 23.0. The molecule has 4 nitrogen and oxygen atoms in total. The van der Waals surface area contributed by atoms with Gasteiger partial charge in [0.2, 0.25) is 5.88 Å². The van der Waals surface area contributed by atoms with Crippen LogP contribution in [0.4, 0.5) is 32.0 Å². The average molecular weight is 484 g/mol. The van der Waals surface area contributed by atoms with Crippen LogP contribution in [0.3, 0.4) is 0 Å². The number of rotatable bonds is 5. The summed E-state index contributed by atoms with van der Waals surface area (Å²) in [5.41, 5.74) is -2.16. The fourth-order valence-corrected chi connectivity index (χ4v) is 2.50. The quantitative estimate of drug-likeness (QED) is 0.273. The lowest BCUT2D eigenvalue weighted by molar-refractivity contribution is -0.143. The maximum absolute atomic E-state index is 13.3. The largest absolute Gasteiger partial charge is 0.437 e. The molecule has 1 aromatic carbocycles. The number of pyridine rings is 1. The van der Waals surface area contributed by atoms with Gasteiger partial charge in [-0.05, 0) is 54.0 Å². The van der Waals surface area contributed by atoms with Crippen molar-refractivity contribution in [2.75, 3.05) is 13.6 Å². The van der Waals surface area contributed by atoms with Crippen molar-refractivity contribution in [3.05, 3.63) is 45.6 Å². The lowest BCUT2D eigenvalue weighted by Crippen LogP contribution is -2.14. The van der Waals surface area contributed by atoms with E-state index in [1.165, 1.54) is 6.07 Å². The second-order valence-corrected chi connectivity index (χ2v) is 6.86. The van der Waals surface area contributed by atoms with E-state index in [9.17, 15) is 26.3 Å². The first-order chi connectivity index (χ1) is 13.3. The molecule has 0 aliphatic carbocycles. The molecule has 0 bridgehead atoms. The highest BCUT2D eigenvalue weighted by Gasteiger charge is 2.39. The molecule has 11 heteroatoms. The summed E-state index contributed by atoms with van der Waals surface area (Å²) in [6, 6.07) is 2.65. The normalized spacial score (nSPS) is 12.5. The van der Waals surface area contributed by atoms with Crippen molar-refractivity contribution >= 4 is 28.0 Å². The van der Waals surface area contributed by atoms with Crippen molar-refractivity contribution in [3.8, 4) is 11.6 Å². The molecule has 0 aliphatic rings. The van der Waals surface area contributed by atoms with Crippen molar-refractivity contribution in [3.63, 3.8) is 0 Å². The van der Waals surface area contributed by atoms with Crippen LogP contribution >= 0.6 is 15.9 Å². The fraction of sp³-hybridized carbons (Fsp3) is 0.333. The van der Waals surface area contributed by atoms with Gasteiger partial charge in [0.15, 0.2) is 0 Å². The van der Waals surface area contributed by atoms with Gasteiger partial charge in [0, 0.05) is 13.6 Å². The van der Waals surface area contributed by atoms with E-state index in [-0.39, 0.29) is 16.4 Å². The zero-order chi connectivity index (χ0) is 22.0. The van der Waals surface area contributed by atoms with Crippen LogP contribution in [-0.2, 0) is 12.4 Å². The topological polar surface area (TPSA) is 37.7 Å². The molecule has 0 N–H and O–H groups in total. The van der Waals surface area contributed by atoms with Gasteiger partial charge in [-0.1, -0.05) is 0 Å². The molecule has 2 rings (SSSR count). The first-order valence-electron chi connectivity index (χ1n) is 8.20. The van der Waals surface area contributed by atoms with Crippen LogP contribution in [0.15, 0.2) is 33.7 Å². The number of aliphatic imine (C=N–C) groups is 1. The number of hydrogen-bond acceptors (Lipinski definition) is 3. The highest BCUT2D eigenvalue weighted by atomic mass is 79.9. The molecule has 0 atom stereocenters. The van der Waals surface area contributed by atoms with Gasteiger partial charge in [-0.25, -0.2) is 9.98 Å². The molecule has 0 spiro atoms. The molecule has 0 amide bonds. The molecular weight excluding hydrogens is 468 g/mol. The van der Waals surface area contributed by atoms with Gasteiger partial charge in [0.05, 0.1) is 33.3 Å². The number of aryl methyl sites for hydroxylation is 1. The molecule has 158 valence electrons. The van der Waals surface area contributed by atoms with E-state index < -0.39 is 29.2 Å². The third kappa shape index (κ3) is 5.84. The second-order valence-electron chi connectivity index (χ2n) is 6.01. The average Bonchev–Trinajstić information content (AvgIpc) is 2.61. The van der Waals surface area contributed by atoms with Crippen molar-refractivity contribution < 1.29 is 31.1 Å². The SMILES string of the molecule is CCN(C)/C=N/c1cc(Br)c(Oc2ccc(C(F)(F)F)cc2C(F)(F)F)nc1C. The molecule has 0 fully saturated rings. The molecule has 0 saturated heterocycles. The summed E-state index contributed by atoms with van der Waals surface area (Å²) in [6.45, 7) is 4.22. The highest BCUT2D eigenvalue weighted by molar-refractivity contribution is 9.10. The van der Waals surface area contributed by atoms with Crippen LogP contribution in [0.1, 0.15) is 23.7 Å². The summed E-state index contributed by atoms with van der Waals surface area (Å²) in [6.07, 6.45) is -8.40. The van der Waals surface area contributed by atoms with E-state index in [0.29, 0.717) is 30.1 Å². The van der Waals surface area contributed by atoms with Gasteiger partial charge in [-0.3, -0.25) is 0 Å². The van der Waals surface area contributed by atoms with Crippen molar-refractivity contribution in [1.29, 1.82) is 0 Å². The Morgan fingerprint density at radius 2 is 1.79 bits per heavy atom. The third-order valence-electron chi connectivity index (χ3n) is 3.82. The van der Waals surface area contributed by atoms with Crippen molar-refractivity contribution in [1.82, 2.24) is 9.88 Å². The number of benzene rings is 1. The third-order valence-corrected chi connectivity index (χ3v) is 4.39. The summed E-state index contributed by atoms with van der Waals surface area (Å²) >= 11 is 3.15. The zero-order valence-electron chi connectivity index (χ0n) is 15.5. The number of ether oxygens (including phenoxy) is 1. The molecule has 0 unspecified atom stereocenters. The van der Waals surface area contributed by atoms with Crippen LogP contribution in [0.2, 0.25) is 0 Å². The first-order valence-corrected chi connectivity index (χ1v) is 9.00. The summed E-state index contributed by atoms with van der Waals surface area (Å²) in [5.74, 6) is -1.02. The van der Waals surface area contributed by atoms with E-state index >= 15 is 0 Å². The van der Waals surface area contributed by atoms with Gasteiger partial charge in [-0.15, -0.1) is 0 Å². The van der Waals surface area contributed by atoms with Crippen LogP contribution in [0, 0.1) is 6.92 Å². The molecule has 2 aromatic rings. The van der Waals surface area contributed by atoms with Crippen LogP contribution in [-0.4, -0.2) is 29.8 Å². The van der Waals surface area contributed by atoms with Crippen LogP contribution in [0.5, 0.6) is 11.6 Å². The Hall–Kier alpha value is -2.30. The highest BCUT2D eigenvalue weighted by Crippen LogP contribution is 2.42. The zero-order valence-corrected chi connectivity index (χ0v) is 17.1. The molecular formula is C18H16BrF6N3O. The summed E-state index contributed by atoms with van der Waals surface area (Å²) in [5, 5.41) is 0. The van der Waals surface area contributed by atoms with Gasteiger partial charge < -0.3 is 9.64 Å². The lowest BCUT2D eigenvalue weighted by Gasteiger charge is -2.17. The summed E-state index contributed by atoms with van der Waals surface area (Å²) in [7, 11) is 1.81. The Morgan fingerprint density at radius 3 is 2.34 bits per heavy atom. The molecule has 1 heterocycles. The lowest BCUT2D eigenvalue weighted by atomic mass is 10.1. The Labute approximate surface area is 171 Å². The van der Waals surface area contributed by atoms with Crippen molar-refractivity contribution in [2.45, 2.75) is 26.2 Å². The number of alkyl halides is 6. The summed E-state index contributed by atoms with van der Waals surface area (Å²) in [4.78, 5) is 10.1. The van der Waals surface area contributed by atoms with Gasteiger partial charge in [0.1, 0.15) is 5.75 Å². The van der Waals surface area contributed by atoms with E-state index in [0.717, 1.165) is 0 Å². The Morgan fingerprint density at radius 1 is 1.14 bits per heavy atom. The number of halogens is 7. The predicted octanol–water partition coefficient (Wildman–Crippen LogP) is 6.59. The minimum atomic E-state index is -5.05. The van der Waals surface area contributed by atoms with Crippen molar-refractivity contribution in [2.24, 2.45) is 4.99 Å². The number of aromatic nitrogens is 1. The predicted molar refractivity (Wildman–Crippen MR) is 99.7 cm³/mol. The van der Waals surface area contributed by atoms with E-state index in [1.54, 1.807) is 18.2 Å². The standard InChI is InChI=1S/C18H16BrF6N3O/c1-4-28(3)9-26-14-8-13(19)16(27-10(14)2)29-15-6-5-11(17(20,21)22)7-12(15)18(23,24)25/h5-9H,4H2,1-3H3/b26-9+. The maximum Gasteiger partial charge on any atom is 0.420 e. The van der Waals surface area contributed by atoms with Gasteiger partial charge in [0.25, 0.3) is 0 Å². The Bertz CT molecular complexity index is 912. The molecule has 0 radical (unpaired) electrons. The maximum atomic E-state index is 13.3. The van der Waals surface area contributed by atoms with E-state index in [4.69, 9.17) is 4.74 Å². The van der Waals surface area contributed by atoms with Gasteiger partial charge >= 0.3 is 12.4 Å². The minimum Gasteiger partial charge on any atom is -0.437 e. The molecule has 0 saturated carbocycles. The molecule has 0 aliphatic heterocycles. The smallest absolute Gasteiger partial charge is 0.420 e. The number of nitrogens with zero attached hydrogens (tertiary/aromatic N) is 3. The Kier molecular flexibility index (Phi) is 6.82. The molecule has 29 heavy (non-hydrogen) atoms. The van der Waals surface area contributed by atoms with E-state index in [2.05, 4.69) is 25.9 Å². The summed E-state index contributed by atoms with van der Waals surface area (Å²) < 4.78 is 83.6. The second kappa shape index (κ2) is 8.60.